The van der Waals surface area contributed by atoms with E-state index in [2.05, 4.69) is 5.32 Å². The Kier molecular flexibility index (Phi) is 5.83. The number of likely N-dealkylation sites (N-methyl/N-ethyl adjacent to an activating group) is 1. The van der Waals surface area contributed by atoms with Crippen LogP contribution in [0.3, 0.4) is 0 Å². The molecule has 1 saturated carbocycles. The second-order valence-corrected chi connectivity index (χ2v) is 8.17. The third-order valence-corrected chi connectivity index (χ3v) is 6.06. The number of carbonyl (C=O) groups is 2. The van der Waals surface area contributed by atoms with Gasteiger partial charge in [0.15, 0.2) is 12.0 Å². The smallest absolute Gasteiger partial charge is 0.257 e. The lowest BCUT2D eigenvalue weighted by Crippen LogP contribution is -2.50. The molecule has 0 bridgehead atoms. The first-order valence-corrected chi connectivity index (χ1v) is 10.3. The minimum absolute atomic E-state index is 0.0321. The van der Waals surface area contributed by atoms with Crippen molar-refractivity contribution in [3.8, 4) is 5.75 Å². The van der Waals surface area contributed by atoms with E-state index in [1.807, 2.05) is 11.9 Å². The Morgan fingerprint density at radius 1 is 1.38 bits per heavy atom. The van der Waals surface area contributed by atoms with Gasteiger partial charge in [0, 0.05) is 30.9 Å². The van der Waals surface area contributed by atoms with Crippen LogP contribution in [-0.2, 0) is 16.8 Å². The number of carbonyl (C=O) groups excluding carboxylic acids is 2. The van der Waals surface area contributed by atoms with Crippen LogP contribution in [0.4, 0.5) is 8.78 Å². The van der Waals surface area contributed by atoms with Crippen molar-refractivity contribution in [2.45, 2.75) is 37.6 Å². The fourth-order valence-corrected chi connectivity index (χ4v) is 4.25. The predicted octanol–water partition coefficient (Wildman–Crippen LogP) is 1.74. The van der Waals surface area contributed by atoms with Crippen molar-refractivity contribution in [1.82, 2.24) is 14.8 Å². The van der Waals surface area contributed by atoms with E-state index in [4.69, 9.17) is 4.74 Å². The number of benzene rings is 1. The monoisotopic (exact) mass is 447 g/mol. The molecule has 170 valence electrons. The summed E-state index contributed by atoms with van der Waals surface area (Å²) < 4.78 is 34.3. The number of amides is 1. The van der Waals surface area contributed by atoms with Crippen molar-refractivity contribution >= 4 is 12.2 Å². The molecule has 8 nitrogen and oxygen atoms in total. The molecule has 1 atom stereocenters. The van der Waals surface area contributed by atoms with Crippen LogP contribution in [0.5, 0.6) is 5.75 Å². The number of hydrogen-bond donors (Lipinski definition) is 2. The first-order chi connectivity index (χ1) is 15.3. The summed E-state index contributed by atoms with van der Waals surface area (Å²) in [5, 5.41) is 12.8. The largest absolute Gasteiger partial charge is 0.503 e. The van der Waals surface area contributed by atoms with Gasteiger partial charge in [-0.1, -0.05) is 6.07 Å². The van der Waals surface area contributed by atoms with Gasteiger partial charge < -0.3 is 19.7 Å². The number of aldehydes is 1. The molecule has 1 amide bonds. The minimum atomic E-state index is -1.01. The topological polar surface area (TPSA) is 101 Å². The summed E-state index contributed by atoms with van der Waals surface area (Å²) in [6.07, 6.45) is 3.36. The Morgan fingerprint density at radius 2 is 2.12 bits per heavy atom. The summed E-state index contributed by atoms with van der Waals surface area (Å²) in [6, 6.07) is 2.93. The van der Waals surface area contributed by atoms with Crippen LogP contribution < -0.4 is 10.7 Å². The molecule has 2 N–H and O–H groups in total. The van der Waals surface area contributed by atoms with Crippen LogP contribution in [0.2, 0.25) is 0 Å². The average Bonchev–Trinajstić information content (AvgIpc) is 3.56. The molecule has 4 rings (SSSR count). The molecule has 1 unspecified atom stereocenters. The highest BCUT2D eigenvalue weighted by atomic mass is 19.1. The first kappa shape index (κ1) is 22.1. The zero-order chi connectivity index (χ0) is 23.0. The molecule has 0 radical (unpaired) electrons. The van der Waals surface area contributed by atoms with Crippen molar-refractivity contribution in [2.75, 3.05) is 20.2 Å². The van der Waals surface area contributed by atoms with E-state index in [0.717, 1.165) is 19.0 Å². The fourth-order valence-electron chi connectivity index (χ4n) is 4.25. The van der Waals surface area contributed by atoms with Gasteiger partial charge in [-0.3, -0.25) is 19.3 Å². The van der Waals surface area contributed by atoms with Crippen LogP contribution in [-0.4, -0.2) is 53.2 Å². The van der Waals surface area contributed by atoms with Crippen LogP contribution in [0.1, 0.15) is 45.7 Å². The molecule has 10 heteroatoms. The van der Waals surface area contributed by atoms with Crippen LogP contribution in [0.15, 0.2) is 29.2 Å². The van der Waals surface area contributed by atoms with E-state index in [-0.39, 0.29) is 29.6 Å². The second-order valence-electron chi connectivity index (χ2n) is 8.17. The number of aromatic nitrogens is 1. The van der Waals surface area contributed by atoms with E-state index in [0.29, 0.717) is 31.8 Å². The summed E-state index contributed by atoms with van der Waals surface area (Å²) in [5.41, 5.74) is -2.29. The number of ether oxygens (including phenoxy) is 1. The zero-order valence-corrected chi connectivity index (χ0v) is 17.4. The van der Waals surface area contributed by atoms with E-state index in [1.165, 1.54) is 16.8 Å². The Hall–Kier alpha value is -3.11. The maximum Gasteiger partial charge on any atom is 0.257 e. The molecule has 1 aromatic heterocycles. The summed E-state index contributed by atoms with van der Waals surface area (Å²) >= 11 is 0. The molecule has 2 aromatic rings. The van der Waals surface area contributed by atoms with Gasteiger partial charge in [0.1, 0.15) is 29.1 Å². The second kappa shape index (κ2) is 8.44. The summed E-state index contributed by atoms with van der Waals surface area (Å²) in [5.74, 6) is -3.27. The average molecular weight is 447 g/mol. The molecule has 1 aliphatic heterocycles. The van der Waals surface area contributed by atoms with Gasteiger partial charge in [-0.25, -0.2) is 8.78 Å². The number of pyridine rings is 1. The standard InChI is InChI=1S/C22H23F2N3O5/c1-26-7-2-8-32-21(26)22(5-6-22)27-11-15(18(29)19(30)17(27)12-28)20(31)25-10-13-3-4-14(23)9-16(13)24/h3-4,9,11-12,21,30H,2,5-8,10H2,1H3,(H,25,31). The van der Waals surface area contributed by atoms with Crippen molar-refractivity contribution in [2.24, 2.45) is 0 Å². The van der Waals surface area contributed by atoms with Crippen LogP contribution in [0, 0.1) is 11.6 Å². The van der Waals surface area contributed by atoms with Crippen molar-refractivity contribution in [1.29, 1.82) is 0 Å². The summed E-state index contributed by atoms with van der Waals surface area (Å²) in [7, 11) is 1.89. The number of halogens is 2. The molecule has 2 fully saturated rings. The lowest BCUT2D eigenvalue weighted by atomic mass is 10.1. The molecule has 1 aromatic carbocycles. The van der Waals surface area contributed by atoms with Gasteiger partial charge in [-0.15, -0.1) is 0 Å². The molecule has 0 spiro atoms. The van der Waals surface area contributed by atoms with E-state index < -0.39 is 34.3 Å². The fraction of sp³-hybridized carbons (Fsp3) is 0.409. The first-order valence-electron chi connectivity index (χ1n) is 10.3. The van der Waals surface area contributed by atoms with Gasteiger partial charge >= 0.3 is 0 Å². The van der Waals surface area contributed by atoms with Gasteiger partial charge in [-0.05, 0) is 32.4 Å². The highest BCUT2D eigenvalue weighted by Gasteiger charge is 2.55. The Bertz CT molecular complexity index is 1130. The molecule has 32 heavy (non-hydrogen) atoms. The predicted molar refractivity (Wildman–Crippen MR) is 109 cm³/mol. The molecular weight excluding hydrogens is 424 g/mol. The van der Waals surface area contributed by atoms with Crippen molar-refractivity contribution in [3.63, 3.8) is 0 Å². The quantitative estimate of drug-likeness (QED) is 0.655. The zero-order valence-electron chi connectivity index (χ0n) is 17.4. The van der Waals surface area contributed by atoms with E-state index >= 15 is 0 Å². The number of nitrogens with zero attached hydrogens (tertiary/aromatic N) is 2. The molecule has 1 saturated heterocycles. The maximum atomic E-state index is 13.9. The van der Waals surface area contributed by atoms with Crippen LogP contribution in [0.25, 0.3) is 0 Å². The molecular formula is C22H23F2N3O5. The third kappa shape index (κ3) is 3.80. The number of nitrogens with one attached hydrogen (secondary N) is 1. The number of rotatable bonds is 6. The lowest BCUT2D eigenvalue weighted by molar-refractivity contribution is -0.119. The maximum absolute atomic E-state index is 13.9. The van der Waals surface area contributed by atoms with Crippen molar-refractivity contribution < 1.29 is 28.2 Å². The number of hydrogen-bond acceptors (Lipinski definition) is 6. The van der Waals surface area contributed by atoms with Gasteiger partial charge in [0.2, 0.25) is 5.43 Å². The SMILES string of the molecule is CN1CCCOC1C1(n2cc(C(=O)NCc3ccc(F)cc3F)c(=O)c(O)c2C=O)CC1. The van der Waals surface area contributed by atoms with Crippen LogP contribution >= 0.6 is 0 Å². The van der Waals surface area contributed by atoms with E-state index in [9.17, 15) is 28.3 Å². The Balaban J connectivity index is 1.68. The Labute approximate surface area is 182 Å². The normalized spacial score (nSPS) is 20.0. The third-order valence-electron chi connectivity index (χ3n) is 6.06. The molecule has 2 heterocycles. The molecule has 2 aliphatic rings. The summed E-state index contributed by atoms with van der Waals surface area (Å²) in [6.45, 7) is 1.03. The van der Waals surface area contributed by atoms with Crippen molar-refractivity contribution in [3.05, 3.63) is 63.1 Å². The number of aromatic hydroxyl groups is 1. The lowest BCUT2D eigenvalue weighted by Gasteiger charge is -2.40. The van der Waals surface area contributed by atoms with Gasteiger partial charge in [0.25, 0.3) is 5.91 Å². The summed E-state index contributed by atoms with van der Waals surface area (Å²) in [4.78, 5) is 39.1. The van der Waals surface area contributed by atoms with E-state index in [1.54, 1.807) is 0 Å². The van der Waals surface area contributed by atoms with Gasteiger partial charge in [-0.2, -0.15) is 0 Å². The van der Waals surface area contributed by atoms with Gasteiger partial charge in [0.05, 0.1) is 12.1 Å². The Morgan fingerprint density at radius 3 is 2.75 bits per heavy atom. The highest BCUT2D eigenvalue weighted by Crippen LogP contribution is 2.50. The highest BCUT2D eigenvalue weighted by molar-refractivity contribution is 5.95. The minimum Gasteiger partial charge on any atom is -0.503 e. The molecule has 1 aliphatic carbocycles.